The SMILES string of the molecule is CC1=C[C@@H](C)[C@@H](C)Nc2c(C)cccc21. The van der Waals surface area contributed by atoms with Crippen LogP contribution in [0.4, 0.5) is 5.69 Å². The average molecular weight is 201 g/mol. The standard InChI is InChI=1S/C14H19N/c1-9-6-5-7-13-11(3)8-10(2)12(4)15-14(9)13/h5-8,10,12,15H,1-4H3/t10-,12-/m1/s1. The van der Waals surface area contributed by atoms with Gasteiger partial charge in [0.2, 0.25) is 0 Å². The summed E-state index contributed by atoms with van der Waals surface area (Å²) in [5.41, 5.74) is 5.38. The van der Waals surface area contributed by atoms with Crippen LogP contribution in [0.25, 0.3) is 5.57 Å². The van der Waals surface area contributed by atoms with Gasteiger partial charge in [-0.1, -0.05) is 31.2 Å². The van der Waals surface area contributed by atoms with E-state index in [1.54, 1.807) is 0 Å². The van der Waals surface area contributed by atoms with E-state index in [0.717, 1.165) is 0 Å². The molecule has 1 heteroatoms. The molecule has 0 unspecified atom stereocenters. The monoisotopic (exact) mass is 201 g/mol. The highest BCUT2D eigenvalue weighted by Gasteiger charge is 2.18. The smallest absolute Gasteiger partial charge is 0.0448 e. The van der Waals surface area contributed by atoms with Gasteiger partial charge >= 0.3 is 0 Å². The predicted octanol–water partition coefficient (Wildman–Crippen LogP) is 3.85. The van der Waals surface area contributed by atoms with Gasteiger partial charge in [-0.05, 0) is 37.8 Å². The highest BCUT2D eigenvalue weighted by atomic mass is 14.9. The van der Waals surface area contributed by atoms with Gasteiger partial charge < -0.3 is 5.32 Å². The second-order valence-corrected chi connectivity index (χ2v) is 4.64. The third-order valence-corrected chi connectivity index (χ3v) is 3.37. The van der Waals surface area contributed by atoms with Crippen LogP contribution < -0.4 is 5.32 Å². The van der Waals surface area contributed by atoms with Gasteiger partial charge in [-0.25, -0.2) is 0 Å². The molecule has 0 saturated carbocycles. The number of para-hydroxylation sites is 1. The summed E-state index contributed by atoms with van der Waals surface area (Å²) < 4.78 is 0. The van der Waals surface area contributed by atoms with Crippen molar-refractivity contribution in [3.8, 4) is 0 Å². The molecule has 0 spiro atoms. The van der Waals surface area contributed by atoms with Crippen LogP contribution in [-0.2, 0) is 0 Å². The molecule has 0 aliphatic carbocycles. The van der Waals surface area contributed by atoms with E-state index in [0.29, 0.717) is 12.0 Å². The Labute approximate surface area is 92.2 Å². The number of rotatable bonds is 0. The lowest BCUT2D eigenvalue weighted by Gasteiger charge is -2.19. The summed E-state index contributed by atoms with van der Waals surface area (Å²) in [6.45, 7) is 8.88. The molecule has 1 nitrogen and oxygen atoms in total. The molecule has 80 valence electrons. The molecule has 0 saturated heterocycles. The van der Waals surface area contributed by atoms with Crippen molar-refractivity contribution in [1.29, 1.82) is 0 Å². The third-order valence-electron chi connectivity index (χ3n) is 3.37. The maximum absolute atomic E-state index is 3.62. The van der Waals surface area contributed by atoms with Gasteiger partial charge in [-0.2, -0.15) is 0 Å². The minimum Gasteiger partial charge on any atom is -0.381 e. The van der Waals surface area contributed by atoms with Gasteiger partial charge in [0.25, 0.3) is 0 Å². The van der Waals surface area contributed by atoms with E-state index in [1.807, 2.05) is 0 Å². The number of hydrogen-bond acceptors (Lipinski definition) is 1. The topological polar surface area (TPSA) is 12.0 Å². The second-order valence-electron chi connectivity index (χ2n) is 4.64. The van der Waals surface area contributed by atoms with Crippen molar-refractivity contribution in [2.45, 2.75) is 33.7 Å². The highest BCUT2D eigenvalue weighted by molar-refractivity contribution is 5.78. The summed E-state index contributed by atoms with van der Waals surface area (Å²) in [7, 11) is 0. The number of nitrogens with one attached hydrogen (secondary N) is 1. The van der Waals surface area contributed by atoms with Gasteiger partial charge in [0.05, 0.1) is 0 Å². The van der Waals surface area contributed by atoms with Crippen LogP contribution in [0.2, 0.25) is 0 Å². The zero-order chi connectivity index (χ0) is 11.0. The summed E-state index contributed by atoms with van der Waals surface area (Å²) in [5, 5.41) is 3.62. The molecule has 1 aliphatic heterocycles. The second kappa shape index (κ2) is 3.73. The van der Waals surface area contributed by atoms with Crippen LogP contribution in [0.1, 0.15) is 31.9 Å². The summed E-state index contributed by atoms with van der Waals surface area (Å²) in [4.78, 5) is 0. The lowest BCUT2D eigenvalue weighted by Crippen LogP contribution is -2.21. The van der Waals surface area contributed by atoms with E-state index in [2.05, 4.69) is 57.3 Å². The summed E-state index contributed by atoms with van der Waals surface area (Å²) >= 11 is 0. The van der Waals surface area contributed by atoms with Crippen molar-refractivity contribution in [3.05, 3.63) is 35.4 Å². The lowest BCUT2D eigenvalue weighted by atomic mass is 9.99. The molecule has 1 aliphatic rings. The highest BCUT2D eigenvalue weighted by Crippen LogP contribution is 2.32. The minimum atomic E-state index is 0.502. The Morgan fingerprint density at radius 3 is 2.60 bits per heavy atom. The fourth-order valence-electron chi connectivity index (χ4n) is 2.18. The van der Waals surface area contributed by atoms with Crippen molar-refractivity contribution >= 4 is 11.3 Å². The first-order valence-electron chi connectivity index (χ1n) is 5.64. The Bertz CT molecular complexity index is 404. The van der Waals surface area contributed by atoms with Crippen molar-refractivity contribution in [2.24, 2.45) is 5.92 Å². The van der Waals surface area contributed by atoms with Gasteiger partial charge in [-0.15, -0.1) is 0 Å². The van der Waals surface area contributed by atoms with E-state index in [-0.39, 0.29) is 0 Å². The van der Waals surface area contributed by atoms with Crippen LogP contribution in [0.5, 0.6) is 0 Å². The Balaban J connectivity index is 2.57. The molecule has 1 heterocycles. The van der Waals surface area contributed by atoms with Crippen molar-refractivity contribution in [3.63, 3.8) is 0 Å². The first kappa shape index (κ1) is 10.3. The van der Waals surface area contributed by atoms with Crippen molar-refractivity contribution < 1.29 is 0 Å². The van der Waals surface area contributed by atoms with Crippen LogP contribution in [0, 0.1) is 12.8 Å². The summed E-state index contributed by atoms with van der Waals surface area (Å²) in [6.07, 6.45) is 2.36. The number of fused-ring (bicyclic) bond motifs is 1. The molecule has 2 rings (SSSR count). The van der Waals surface area contributed by atoms with Crippen LogP contribution in [-0.4, -0.2) is 6.04 Å². The Hall–Kier alpha value is -1.24. The summed E-state index contributed by atoms with van der Waals surface area (Å²) in [5.74, 6) is 0.580. The normalized spacial score (nSPS) is 24.9. The maximum Gasteiger partial charge on any atom is 0.0448 e. The molecule has 0 fully saturated rings. The molecule has 0 bridgehead atoms. The quantitative estimate of drug-likeness (QED) is 0.672. The molecule has 15 heavy (non-hydrogen) atoms. The Morgan fingerprint density at radius 2 is 1.87 bits per heavy atom. The predicted molar refractivity (Wildman–Crippen MR) is 67.1 cm³/mol. The lowest BCUT2D eigenvalue weighted by molar-refractivity contribution is 0.622. The van der Waals surface area contributed by atoms with Crippen LogP contribution >= 0.6 is 0 Å². The number of allylic oxidation sites excluding steroid dienone is 1. The van der Waals surface area contributed by atoms with Crippen LogP contribution in [0.3, 0.4) is 0 Å². The molecule has 0 amide bonds. The van der Waals surface area contributed by atoms with Crippen molar-refractivity contribution in [2.75, 3.05) is 5.32 Å². The summed E-state index contributed by atoms with van der Waals surface area (Å²) in [6, 6.07) is 7.00. The van der Waals surface area contributed by atoms with Gasteiger partial charge in [-0.3, -0.25) is 0 Å². The third kappa shape index (κ3) is 1.79. The Morgan fingerprint density at radius 1 is 1.13 bits per heavy atom. The van der Waals surface area contributed by atoms with Gasteiger partial charge in [0.1, 0.15) is 0 Å². The number of benzene rings is 1. The first-order chi connectivity index (χ1) is 7.09. The van der Waals surface area contributed by atoms with Gasteiger partial charge in [0, 0.05) is 17.3 Å². The molecular formula is C14H19N. The Kier molecular flexibility index (Phi) is 2.56. The molecule has 1 aromatic carbocycles. The fraction of sp³-hybridized carbons (Fsp3) is 0.429. The van der Waals surface area contributed by atoms with Crippen molar-refractivity contribution in [1.82, 2.24) is 0 Å². The number of hydrogen-bond donors (Lipinski definition) is 1. The average Bonchev–Trinajstić information content (AvgIpc) is 2.29. The van der Waals surface area contributed by atoms with E-state index < -0.39 is 0 Å². The van der Waals surface area contributed by atoms with Crippen LogP contribution in [0.15, 0.2) is 24.3 Å². The van der Waals surface area contributed by atoms with E-state index in [1.165, 1.54) is 22.4 Å². The molecular weight excluding hydrogens is 182 g/mol. The first-order valence-corrected chi connectivity index (χ1v) is 5.64. The maximum atomic E-state index is 3.62. The molecule has 2 atom stereocenters. The molecule has 0 aromatic heterocycles. The zero-order valence-electron chi connectivity index (χ0n) is 9.96. The molecule has 1 aromatic rings. The zero-order valence-corrected chi connectivity index (χ0v) is 9.96. The fourth-order valence-corrected chi connectivity index (χ4v) is 2.18. The largest absolute Gasteiger partial charge is 0.381 e. The van der Waals surface area contributed by atoms with E-state index in [4.69, 9.17) is 0 Å². The number of aryl methyl sites for hydroxylation is 1. The van der Waals surface area contributed by atoms with E-state index in [9.17, 15) is 0 Å². The number of anilines is 1. The molecule has 1 N–H and O–H groups in total. The van der Waals surface area contributed by atoms with E-state index >= 15 is 0 Å². The van der Waals surface area contributed by atoms with Gasteiger partial charge in [0.15, 0.2) is 0 Å². The minimum absolute atomic E-state index is 0.502. The molecule has 0 radical (unpaired) electrons.